The van der Waals surface area contributed by atoms with Crippen molar-refractivity contribution in [3.05, 3.63) is 41.1 Å². The van der Waals surface area contributed by atoms with Crippen molar-refractivity contribution < 1.29 is 22.7 Å². The first-order valence-corrected chi connectivity index (χ1v) is 6.32. The van der Waals surface area contributed by atoms with Crippen LogP contribution in [0, 0.1) is 6.92 Å². The van der Waals surface area contributed by atoms with Crippen molar-refractivity contribution >= 4 is 11.8 Å². The number of rotatable bonds is 3. The highest BCUT2D eigenvalue weighted by Crippen LogP contribution is 2.29. The van der Waals surface area contributed by atoms with Gasteiger partial charge < -0.3 is 10.5 Å². The summed E-state index contributed by atoms with van der Waals surface area (Å²) in [6, 6.07) is 6.82. The van der Waals surface area contributed by atoms with E-state index in [0.717, 1.165) is 17.4 Å². The molecule has 118 valence electrons. The third kappa shape index (κ3) is 3.21. The summed E-state index contributed by atoms with van der Waals surface area (Å²) in [7, 11) is 1.07. The number of aromatic nitrogens is 2. The topological polar surface area (TPSA) is 70.1 Å². The summed E-state index contributed by atoms with van der Waals surface area (Å²) in [6.07, 6.45) is -5.87. The lowest BCUT2D eigenvalue weighted by atomic mass is 10.1. The first-order chi connectivity index (χ1) is 10.2. The Kier molecular flexibility index (Phi) is 4.11. The molecule has 0 aliphatic rings. The number of carbonyl (C=O) groups is 1. The molecule has 1 heterocycles. The Balaban J connectivity index is 2.57. The predicted octanol–water partition coefficient (Wildman–Crippen LogP) is 2.65. The maximum absolute atomic E-state index is 12.7. The second-order valence-corrected chi connectivity index (χ2v) is 4.74. The molecule has 2 rings (SSSR count). The van der Waals surface area contributed by atoms with Crippen molar-refractivity contribution in [2.45, 2.75) is 19.5 Å². The number of methoxy groups -OCH3 is 1. The zero-order valence-electron chi connectivity index (χ0n) is 11.9. The van der Waals surface area contributed by atoms with Gasteiger partial charge in [-0.2, -0.15) is 18.3 Å². The number of ether oxygens (including phenoxy) is 1. The van der Waals surface area contributed by atoms with Crippen LogP contribution in [0.25, 0.3) is 5.69 Å². The molecule has 0 bridgehead atoms. The van der Waals surface area contributed by atoms with Gasteiger partial charge in [-0.05, 0) is 19.1 Å². The molecule has 0 aliphatic heterocycles. The largest absolute Gasteiger partial charge is 0.464 e. The van der Waals surface area contributed by atoms with E-state index in [9.17, 15) is 18.0 Å². The molecule has 2 aromatic rings. The molecule has 5 nitrogen and oxygen atoms in total. The molecule has 0 spiro atoms. The van der Waals surface area contributed by atoms with E-state index in [2.05, 4.69) is 9.84 Å². The molecule has 1 aromatic heterocycles. The van der Waals surface area contributed by atoms with Crippen molar-refractivity contribution in [1.29, 1.82) is 0 Å². The van der Waals surface area contributed by atoms with Crippen LogP contribution in [0.1, 0.15) is 21.6 Å². The summed E-state index contributed by atoms with van der Waals surface area (Å²) in [5, 5.41) is 3.88. The van der Waals surface area contributed by atoms with Crippen LogP contribution < -0.4 is 5.73 Å². The number of nitrogens with zero attached hydrogens (tertiary/aromatic N) is 2. The second-order valence-electron chi connectivity index (χ2n) is 4.74. The molecule has 8 heteroatoms. The molecule has 1 aromatic carbocycles. The Hall–Kier alpha value is -2.51. The van der Waals surface area contributed by atoms with E-state index in [1.165, 1.54) is 0 Å². The number of aryl methyl sites for hydroxylation is 1. The van der Waals surface area contributed by atoms with E-state index in [1.54, 1.807) is 24.3 Å². The Morgan fingerprint density at radius 1 is 1.32 bits per heavy atom. The van der Waals surface area contributed by atoms with Crippen LogP contribution in [0.4, 0.5) is 19.0 Å². The number of nitrogens with two attached hydrogens (primary N) is 1. The summed E-state index contributed by atoms with van der Waals surface area (Å²) < 4.78 is 43.6. The Morgan fingerprint density at radius 3 is 2.41 bits per heavy atom. The van der Waals surface area contributed by atoms with Crippen molar-refractivity contribution in [3.8, 4) is 5.69 Å². The standard InChI is InChI=1S/C14H14F3N3O2/c1-8-3-5-9(6-4-8)20-12(18)10(7-14(15,16)17)11(19-20)13(21)22-2/h3-6H,7,18H2,1-2H3. The van der Waals surface area contributed by atoms with Gasteiger partial charge in [-0.25, -0.2) is 9.48 Å². The summed E-state index contributed by atoms with van der Waals surface area (Å²) in [5.41, 5.74) is 6.38. The number of halogens is 3. The molecule has 0 radical (unpaired) electrons. The minimum Gasteiger partial charge on any atom is -0.464 e. The molecule has 0 fully saturated rings. The maximum atomic E-state index is 12.7. The molecule has 0 atom stereocenters. The first-order valence-electron chi connectivity index (χ1n) is 6.32. The fourth-order valence-corrected chi connectivity index (χ4v) is 1.98. The van der Waals surface area contributed by atoms with E-state index >= 15 is 0 Å². The number of nitrogen functional groups attached to an aromatic ring is 1. The lowest BCUT2D eigenvalue weighted by molar-refractivity contribution is -0.127. The summed E-state index contributed by atoms with van der Waals surface area (Å²) in [6.45, 7) is 1.87. The van der Waals surface area contributed by atoms with Crippen LogP contribution in [0.3, 0.4) is 0 Å². The van der Waals surface area contributed by atoms with Gasteiger partial charge >= 0.3 is 12.1 Å². The molecule has 0 saturated heterocycles. The highest BCUT2D eigenvalue weighted by Gasteiger charge is 2.34. The van der Waals surface area contributed by atoms with Gasteiger partial charge in [0.15, 0.2) is 5.69 Å². The highest BCUT2D eigenvalue weighted by molar-refractivity contribution is 5.90. The highest BCUT2D eigenvalue weighted by atomic mass is 19.4. The molecule has 0 amide bonds. The van der Waals surface area contributed by atoms with Crippen molar-refractivity contribution in [2.75, 3.05) is 12.8 Å². The van der Waals surface area contributed by atoms with Gasteiger partial charge in [-0.15, -0.1) is 0 Å². The lowest BCUT2D eigenvalue weighted by Crippen LogP contribution is -2.16. The van der Waals surface area contributed by atoms with Gasteiger partial charge in [0, 0.05) is 5.56 Å². The summed E-state index contributed by atoms with van der Waals surface area (Å²) >= 11 is 0. The number of anilines is 1. The van der Waals surface area contributed by atoms with Crippen LogP contribution >= 0.6 is 0 Å². The summed E-state index contributed by atoms with van der Waals surface area (Å²) in [5.74, 6) is -1.20. The van der Waals surface area contributed by atoms with Crippen molar-refractivity contribution in [3.63, 3.8) is 0 Å². The third-order valence-electron chi connectivity index (χ3n) is 3.06. The van der Waals surface area contributed by atoms with E-state index in [0.29, 0.717) is 5.69 Å². The van der Waals surface area contributed by atoms with Gasteiger partial charge in [0.1, 0.15) is 5.82 Å². The SMILES string of the molecule is COC(=O)c1nn(-c2ccc(C)cc2)c(N)c1CC(F)(F)F. The second kappa shape index (κ2) is 5.70. The number of esters is 1. The van der Waals surface area contributed by atoms with E-state index in [1.807, 2.05) is 6.92 Å². The average Bonchev–Trinajstić information content (AvgIpc) is 2.75. The molecule has 0 unspecified atom stereocenters. The lowest BCUT2D eigenvalue weighted by Gasteiger charge is -2.07. The Bertz CT molecular complexity index is 691. The normalized spacial score (nSPS) is 11.5. The molecule has 2 N–H and O–H groups in total. The average molecular weight is 313 g/mol. The van der Waals surface area contributed by atoms with Gasteiger partial charge in [-0.3, -0.25) is 0 Å². The van der Waals surface area contributed by atoms with E-state index < -0.39 is 24.3 Å². The minimum atomic E-state index is -4.52. The Morgan fingerprint density at radius 2 is 1.91 bits per heavy atom. The van der Waals surface area contributed by atoms with E-state index in [-0.39, 0.29) is 11.4 Å². The molecule has 0 aliphatic carbocycles. The fourth-order valence-electron chi connectivity index (χ4n) is 1.98. The van der Waals surface area contributed by atoms with Crippen LogP contribution in [0.5, 0.6) is 0 Å². The molecule has 22 heavy (non-hydrogen) atoms. The van der Waals surface area contributed by atoms with Crippen molar-refractivity contribution in [1.82, 2.24) is 9.78 Å². The van der Waals surface area contributed by atoms with Crippen LogP contribution in [-0.2, 0) is 11.2 Å². The third-order valence-corrected chi connectivity index (χ3v) is 3.06. The predicted molar refractivity (Wildman–Crippen MR) is 73.8 cm³/mol. The fraction of sp³-hybridized carbons (Fsp3) is 0.286. The zero-order valence-corrected chi connectivity index (χ0v) is 11.9. The van der Waals surface area contributed by atoms with Gasteiger partial charge in [0.2, 0.25) is 0 Å². The molecule has 0 saturated carbocycles. The maximum Gasteiger partial charge on any atom is 0.393 e. The first kappa shape index (κ1) is 15.9. The smallest absolute Gasteiger partial charge is 0.393 e. The number of hydrogen-bond acceptors (Lipinski definition) is 4. The number of alkyl halides is 3. The van der Waals surface area contributed by atoms with Crippen molar-refractivity contribution in [2.24, 2.45) is 0 Å². The Labute approximate surface area is 124 Å². The monoisotopic (exact) mass is 313 g/mol. The van der Waals surface area contributed by atoms with E-state index in [4.69, 9.17) is 5.73 Å². The summed E-state index contributed by atoms with van der Waals surface area (Å²) in [4.78, 5) is 11.7. The minimum absolute atomic E-state index is 0.235. The number of carbonyl (C=O) groups excluding carboxylic acids is 1. The van der Waals surface area contributed by atoms with Gasteiger partial charge in [0.05, 0.1) is 19.2 Å². The molecular formula is C14H14F3N3O2. The van der Waals surface area contributed by atoms with Crippen LogP contribution in [0.15, 0.2) is 24.3 Å². The molecular weight excluding hydrogens is 299 g/mol. The van der Waals surface area contributed by atoms with Gasteiger partial charge in [-0.1, -0.05) is 17.7 Å². The number of benzene rings is 1. The number of hydrogen-bond donors (Lipinski definition) is 1. The quantitative estimate of drug-likeness (QED) is 0.884. The van der Waals surface area contributed by atoms with Crippen LogP contribution in [0.2, 0.25) is 0 Å². The zero-order chi connectivity index (χ0) is 16.5. The van der Waals surface area contributed by atoms with Crippen LogP contribution in [-0.4, -0.2) is 29.0 Å². The van der Waals surface area contributed by atoms with Gasteiger partial charge in [0.25, 0.3) is 0 Å².